The van der Waals surface area contributed by atoms with Gasteiger partial charge in [0.2, 0.25) is 11.0 Å². The molecule has 3 aliphatic rings. The van der Waals surface area contributed by atoms with Gasteiger partial charge >= 0.3 is 0 Å². The highest BCUT2D eigenvalue weighted by Gasteiger charge is 2.40. The van der Waals surface area contributed by atoms with Crippen molar-refractivity contribution >= 4 is 22.6 Å². The number of hydrogen-bond donors (Lipinski definition) is 1. The zero-order valence-electron chi connectivity index (χ0n) is 13.7. The van der Waals surface area contributed by atoms with E-state index in [1.165, 1.54) is 37.2 Å². The second-order valence-electron chi connectivity index (χ2n) is 7.04. The van der Waals surface area contributed by atoms with Gasteiger partial charge in [0, 0.05) is 43.8 Å². The predicted octanol–water partition coefficient (Wildman–Crippen LogP) is 1.42. The largest absolute Gasteiger partial charge is 0.343 e. The molecule has 7 heteroatoms. The van der Waals surface area contributed by atoms with Crippen LogP contribution >= 0.6 is 11.5 Å². The lowest BCUT2D eigenvalue weighted by Crippen LogP contribution is -2.53. The van der Waals surface area contributed by atoms with Crippen molar-refractivity contribution in [3.05, 3.63) is 5.82 Å². The highest BCUT2D eigenvalue weighted by atomic mass is 32.1. The first-order valence-electron chi connectivity index (χ1n) is 8.81. The molecule has 23 heavy (non-hydrogen) atoms. The molecule has 3 heterocycles. The van der Waals surface area contributed by atoms with E-state index in [1.807, 2.05) is 11.8 Å². The summed E-state index contributed by atoms with van der Waals surface area (Å²) in [4.78, 5) is 21.5. The van der Waals surface area contributed by atoms with Crippen molar-refractivity contribution in [2.24, 2.45) is 5.92 Å². The van der Waals surface area contributed by atoms with Crippen LogP contribution in [-0.4, -0.2) is 58.4 Å². The summed E-state index contributed by atoms with van der Waals surface area (Å²) in [6.07, 6.45) is 6.24. The molecule has 1 amide bonds. The first-order chi connectivity index (χ1) is 11.2. The Morgan fingerprint density at radius 1 is 1.22 bits per heavy atom. The third-order valence-corrected chi connectivity index (χ3v) is 6.41. The van der Waals surface area contributed by atoms with Crippen LogP contribution in [0.1, 0.15) is 37.9 Å². The summed E-state index contributed by atoms with van der Waals surface area (Å²) < 4.78 is 4.25. The number of rotatable bonds is 2. The number of aromatic nitrogens is 2. The monoisotopic (exact) mass is 335 g/mol. The van der Waals surface area contributed by atoms with Crippen molar-refractivity contribution in [2.75, 3.05) is 31.1 Å². The molecule has 0 bridgehead atoms. The quantitative estimate of drug-likeness (QED) is 0.886. The molecule has 3 unspecified atom stereocenters. The van der Waals surface area contributed by atoms with Gasteiger partial charge in [0.25, 0.3) is 0 Å². The van der Waals surface area contributed by atoms with Gasteiger partial charge in [0.1, 0.15) is 5.82 Å². The standard InChI is InChI=1S/C16H25N5OS/c1-11-17-16(23-19-11)21-8-6-20(7-9-21)15(22)14-10-12-4-2-3-5-13(12)18-14/h12-14,18H,2-10H2,1H3. The molecule has 6 nitrogen and oxygen atoms in total. The number of aryl methyl sites for hydroxylation is 1. The Balaban J connectivity index is 1.32. The molecule has 3 atom stereocenters. The van der Waals surface area contributed by atoms with E-state index in [2.05, 4.69) is 19.6 Å². The van der Waals surface area contributed by atoms with Crippen molar-refractivity contribution in [1.82, 2.24) is 19.6 Å². The Kier molecular flexibility index (Phi) is 4.24. The van der Waals surface area contributed by atoms with Crippen molar-refractivity contribution in [3.8, 4) is 0 Å². The molecule has 2 saturated heterocycles. The van der Waals surface area contributed by atoms with E-state index in [9.17, 15) is 4.79 Å². The van der Waals surface area contributed by atoms with E-state index < -0.39 is 0 Å². The molecule has 1 aromatic heterocycles. The maximum absolute atomic E-state index is 12.8. The Bertz CT molecular complexity index is 555. The van der Waals surface area contributed by atoms with E-state index in [1.54, 1.807) is 0 Å². The Morgan fingerprint density at radius 2 is 2.00 bits per heavy atom. The summed E-state index contributed by atoms with van der Waals surface area (Å²) in [6, 6.07) is 0.641. The fourth-order valence-electron chi connectivity index (χ4n) is 4.26. The lowest BCUT2D eigenvalue weighted by Gasteiger charge is -2.35. The first-order valence-corrected chi connectivity index (χ1v) is 9.58. The molecule has 3 fully saturated rings. The first kappa shape index (κ1) is 15.3. The Morgan fingerprint density at radius 3 is 2.70 bits per heavy atom. The van der Waals surface area contributed by atoms with E-state index in [0.717, 1.165) is 49.5 Å². The average molecular weight is 335 g/mol. The molecule has 2 aliphatic heterocycles. The van der Waals surface area contributed by atoms with Crippen molar-refractivity contribution in [2.45, 2.75) is 51.1 Å². The minimum Gasteiger partial charge on any atom is -0.343 e. The number of nitrogens with zero attached hydrogens (tertiary/aromatic N) is 4. The second-order valence-corrected chi connectivity index (χ2v) is 7.77. The van der Waals surface area contributed by atoms with Gasteiger partial charge in [0.05, 0.1) is 6.04 Å². The lowest BCUT2D eigenvalue weighted by atomic mass is 9.85. The van der Waals surface area contributed by atoms with Crippen LogP contribution in [-0.2, 0) is 4.79 Å². The van der Waals surface area contributed by atoms with Crippen LogP contribution in [0.3, 0.4) is 0 Å². The van der Waals surface area contributed by atoms with Crippen molar-refractivity contribution < 1.29 is 4.79 Å². The Labute approximate surface area is 141 Å². The molecular weight excluding hydrogens is 310 g/mol. The molecule has 1 N–H and O–H groups in total. The summed E-state index contributed by atoms with van der Waals surface area (Å²) in [7, 11) is 0. The minimum atomic E-state index is 0.0541. The van der Waals surface area contributed by atoms with Gasteiger partial charge in [-0.1, -0.05) is 12.8 Å². The second kappa shape index (κ2) is 6.36. The van der Waals surface area contributed by atoms with Gasteiger partial charge < -0.3 is 15.1 Å². The van der Waals surface area contributed by atoms with Gasteiger partial charge in [-0.05, 0) is 32.1 Å². The maximum atomic E-state index is 12.8. The molecule has 1 aromatic rings. The highest BCUT2D eigenvalue weighted by Crippen LogP contribution is 2.33. The van der Waals surface area contributed by atoms with Crippen molar-refractivity contribution in [1.29, 1.82) is 0 Å². The smallest absolute Gasteiger partial charge is 0.239 e. The molecule has 0 radical (unpaired) electrons. The third-order valence-electron chi connectivity index (χ3n) is 5.54. The van der Waals surface area contributed by atoms with Crippen LogP contribution in [0.5, 0.6) is 0 Å². The van der Waals surface area contributed by atoms with Crippen molar-refractivity contribution in [3.63, 3.8) is 0 Å². The summed E-state index contributed by atoms with van der Waals surface area (Å²) in [5, 5.41) is 4.60. The number of piperazine rings is 1. The molecule has 1 aliphatic carbocycles. The van der Waals surface area contributed by atoms with E-state index >= 15 is 0 Å². The minimum absolute atomic E-state index is 0.0541. The summed E-state index contributed by atoms with van der Waals surface area (Å²) in [5.41, 5.74) is 0. The van der Waals surface area contributed by atoms with E-state index in [4.69, 9.17) is 0 Å². The molecular formula is C16H25N5OS. The molecule has 1 saturated carbocycles. The fraction of sp³-hybridized carbons (Fsp3) is 0.812. The molecule has 4 rings (SSSR count). The number of amides is 1. The van der Waals surface area contributed by atoms with Crippen LogP contribution in [0.4, 0.5) is 5.13 Å². The number of hydrogen-bond acceptors (Lipinski definition) is 6. The average Bonchev–Trinajstić information content (AvgIpc) is 3.20. The SMILES string of the molecule is Cc1nsc(N2CCN(C(=O)C3CC4CCCCC4N3)CC2)n1. The third kappa shape index (κ3) is 3.08. The highest BCUT2D eigenvalue weighted by molar-refractivity contribution is 7.09. The van der Waals surface area contributed by atoms with Crippen LogP contribution in [0, 0.1) is 12.8 Å². The summed E-state index contributed by atoms with van der Waals surface area (Å²) in [6.45, 7) is 5.24. The summed E-state index contributed by atoms with van der Waals surface area (Å²) >= 11 is 1.45. The fourth-order valence-corrected chi connectivity index (χ4v) is 4.99. The van der Waals surface area contributed by atoms with E-state index in [0.29, 0.717) is 11.9 Å². The number of carbonyl (C=O) groups excluding carboxylic acids is 1. The zero-order chi connectivity index (χ0) is 15.8. The van der Waals surface area contributed by atoms with Gasteiger partial charge in [-0.3, -0.25) is 4.79 Å². The van der Waals surface area contributed by atoms with Gasteiger partial charge in [0.15, 0.2) is 0 Å². The molecule has 0 aromatic carbocycles. The number of carbonyl (C=O) groups is 1. The Hall–Kier alpha value is -1.21. The van der Waals surface area contributed by atoms with Gasteiger partial charge in [-0.25, -0.2) is 4.98 Å². The van der Waals surface area contributed by atoms with Crippen LogP contribution < -0.4 is 10.2 Å². The molecule has 126 valence electrons. The zero-order valence-corrected chi connectivity index (χ0v) is 14.5. The lowest BCUT2D eigenvalue weighted by molar-refractivity contribution is -0.133. The maximum Gasteiger partial charge on any atom is 0.239 e. The van der Waals surface area contributed by atoms with Gasteiger partial charge in [-0.15, -0.1) is 0 Å². The molecule has 0 spiro atoms. The number of anilines is 1. The topological polar surface area (TPSA) is 61.4 Å². The van der Waals surface area contributed by atoms with Crippen LogP contribution in [0.25, 0.3) is 0 Å². The van der Waals surface area contributed by atoms with E-state index in [-0.39, 0.29) is 6.04 Å². The predicted molar refractivity (Wildman–Crippen MR) is 90.7 cm³/mol. The number of nitrogens with one attached hydrogen (secondary N) is 1. The van der Waals surface area contributed by atoms with Crippen LogP contribution in [0.2, 0.25) is 0 Å². The van der Waals surface area contributed by atoms with Crippen LogP contribution in [0.15, 0.2) is 0 Å². The normalized spacial score (nSPS) is 31.3. The number of fused-ring (bicyclic) bond motifs is 1. The summed E-state index contributed by atoms with van der Waals surface area (Å²) in [5.74, 6) is 1.87. The van der Waals surface area contributed by atoms with Gasteiger partial charge in [-0.2, -0.15) is 4.37 Å².